The smallest absolute Gasteiger partial charge is 0.205 e. The topological polar surface area (TPSA) is 62.4 Å². The molecular formula is C11H24N4. The lowest BCUT2D eigenvalue weighted by Gasteiger charge is -2.28. The van der Waals surface area contributed by atoms with Crippen LogP contribution in [0.25, 0.3) is 0 Å². The zero-order chi connectivity index (χ0) is 11.1. The van der Waals surface area contributed by atoms with E-state index in [0.717, 1.165) is 24.8 Å². The molecule has 0 radical (unpaired) electrons. The molecule has 1 saturated carbocycles. The van der Waals surface area contributed by atoms with Crippen LogP contribution in [0.3, 0.4) is 0 Å². The van der Waals surface area contributed by atoms with Crippen molar-refractivity contribution in [3.8, 4) is 0 Å². The van der Waals surface area contributed by atoms with Crippen molar-refractivity contribution in [2.45, 2.75) is 52.0 Å². The molecule has 0 aliphatic heterocycles. The number of nitrogens with one attached hydrogen (secondary N) is 2. The average molecular weight is 212 g/mol. The molecule has 1 aliphatic rings. The van der Waals surface area contributed by atoms with Gasteiger partial charge in [0.1, 0.15) is 0 Å². The Morgan fingerprint density at radius 1 is 1.47 bits per heavy atom. The predicted molar refractivity (Wildman–Crippen MR) is 64.5 cm³/mol. The van der Waals surface area contributed by atoms with Crippen molar-refractivity contribution < 1.29 is 0 Å². The highest BCUT2D eigenvalue weighted by molar-refractivity contribution is 5.79. The Hall–Kier alpha value is -0.770. The minimum Gasteiger partial charge on any atom is -0.353 e. The molecule has 88 valence electrons. The van der Waals surface area contributed by atoms with Crippen LogP contribution >= 0.6 is 0 Å². The summed E-state index contributed by atoms with van der Waals surface area (Å²) in [6, 6.07) is 0.542. The normalized spacial score (nSPS) is 27.5. The minimum atomic E-state index is 0.542. The molecule has 1 aliphatic carbocycles. The summed E-state index contributed by atoms with van der Waals surface area (Å²) >= 11 is 0. The van der Waals surface area contributed by atoms with Gasteiger partial charge in [-0.2, -0.15) is 0 Å². The van der Waals surface area contributed by atoms with E-state index in [2.05, 4.69) is 29.6 Å². The summed E-state index contributed by atoms with van der Waals surface area (Å²) in [4.78, 5) is 4.35. The average Bonchev–Trinajstić information content (AvgIpc) is 2.24. The Kier molecular flexibility index (Phi) is 5.47. The van der Waals surface area contributed by atoms with Crippen molar-refractivity contribution >= 4 is 5.96 Å². The van der Waals surface area contributed by atoms with Crippen molar-refractivity contribution in [2.24, 2.45) is 16.8 Å². The molecule has 4 N–H and O–H groups in total. The van der Waals surface area contributed by atoms with Gasteiger partial charge >= 0.3 is 0 Å². The third-order valence-corrected chi connectivity index (χ3v) is 2.91. The second-order valence-corrected chi connectivity index (χ2v) is 4.49. The largest absolute Gasteiger partial charge is 0.353 e. The maximum Gasteiger partial charge on any atom is 0.205 e. The van der Waals surface area contributed by atoms with E-state index in [1.807, 2.05) is 0 Å². The van der Waals surface area contributed by atoms with Gasteiger partial charge in [0, 0.05) is 12.6 Å². The molecule has 4 heteroatoms. The first kappa shape index (κ1) is 12.3. The van der Waals surface area contributed by atoms with Crippen molar-refractivity contribution in [3.63, 3.8) is 0 Å². The third kappa shape index (κ3) is 4.51. The van der Waals surface area contributed by atoms with Crippen LogP contribution in [0.5, 0.6) is 0 Å². The second kappa shape index (κ2) is 6.67. The highest BCUT2D eigenvalue weighted by atomic mass is 15.3. The Morgan fingerprint density at radius 2 is 2.27 bits per heavy atom. The maximum absolute atomic E-state index is 5.42. The molecule has 0 bridgehead atoms. The number of guanidine groups is 1. The Morgan fingerprint density at radius 3 is 2.87 bits per heavy atom. The number of aliphatic imine (C=N–C) groups is 1. The quantitative estimate of drug-likeness (QED) is 0.287. The summed E-state index contributed by atoms with van der Waals surface area (Å²) in [7, 11) is 0. The number of hydrogen-bond donors (Lipinski definition) is 3. The van der Waals surface area contributed by atoms with Gasteiger partial charge in [0.2, 0.25) is 5.96 Å². The van der Waals surface area contributed by atoms with Crippen LogP contribution in [-0.4, -0.2) is 18.5 Å². The number of nitrogens with two attached hydrogens (primary N) is 1. The van der Waals surface area contributed by atoms with E-state index >= 15 is 0 Å². The fourth-order valence-corrected chi connectivity index (χ4v) is 2.12. The van der Waals surface area contributed by atoms with E-state index in [1.165, 1.54) is 25.7 Å². The van der Waals surface area contributed by atoms with Gasteiger partial charge in [-0.15, -0.1) is 0 Å². The molecule has 0 aromatic heterocycles. The zero-order valence-corrected chi connectivity index (χ0v) is 9.92. The fourth-order valence-electron chi connectivity index (χ4n) is 2.12. The molecule has 0 aromatic carbocycles. The third-order valence-electron chi connectivity index (χ3n) is 2.91. The van der Waals surface area contributed by atoms with E-state index in [-0.39, 0.29) is 0 Å². The van der Waals surface area contributed by atoms with Gasteiger partial charge in [0.05, 0.1) is 0 Å². The Bertz CT molecular complexity index is 203. The van der Waals surface area contributed by atoms with E-state index in [1.54, 1.807) is 0 Å². The monoisotopic (exact) mass is 212 g/mol. The van der Waals surface area contributed by atoms with E-state index < -0.39 is 0 Å². The van der Waals surface area contributed by atoms with Gasteiger partial charge < -0.3 is 5.32 Å². The number of nitrogens with zero attached hydrogens (tertiary/aromatic N) is 1. The standard InChI is InChI=1S/C11H24N4/c1-3-7-13-11(15-12)14-10-6-4-5-9(2)8-10/h9-10H,3-8,12H2,1-2H3,(H2,13,14,15). The molecule has 2 unspecified atom stereocenters. The molecule has 1 fully saturated rings. The van der Waals surface area contributed by atoms with Crippen LogP contribution in [0.2, 0.25) is 0 Å². The van der Waals surface area contributed by atoms with Crippen LogP contribution in [-0.2, 0) is 0 Å². The lowest BCUT2D eigenvalue weighted by atomic mass is 9.87. The van der Waals surface area contributed by atoms with Crippen molar-refractivity contribution in [1.29, 1.82) is 0 Å². The van der Waals surface area contributed by atoms with Crippen LogP contribution < -0.4 is 16.6 Å². The van der Waals surface area contributed by atoms with E-state index in [4.69, 9.17) is 5.84 Å². The molecule has 0 heterocycles. The summed E-state index contributed by atoms with van der Waals surface area (Å²) in [5.41, 5.74) is 2.64. The van der Waals surface area contributed by atoms with E-state index in [0.29, 0.717) is 6.04 Å². The van der Waals surface area contributed by atoms with E-state index in [9.17, 15) is 0 Å². The summed E-state index contributed by atoms with van der Waals surface area (Å²) in [6.07, 6.45) is 6.18. The molecule has 4 nitrogen and oxygen atoms in total. The highest BCUT2D eigenvalue weighted by Gasteiger charge is 2.19. The summed E-state index contributed by atoms with van der Waals surface area (Å²) in [5.74, 6) is 6.99. The first-order valence-corrected chi connectivity index (χ1v) is 6.03. The second-order valence-electron chi connectivity index (χ2n) is 4.49. The van der Waals surface area contributed by atoms with Crippen LogP contribution in [0, 0.1) is 5.92 Å². The van der Waals surface area contributed by atoms with Crippen LogP contribution in [0.15, 0.2) is 4.99 Å². The van der Waals surface area contributed by atoms with Gasteiger partial charge in [-0.3, -0.25) is 10.4 Å². The maximum atomic E-state index is 5.42. The molecule has 0 spiro atoms. The molecule has 0 aromatic rings. The SMILES string of the molecule is CCCN=C(NN)NC1CCCC(C)C1. The van der Waals surface area contributed by atoms with Gasteiger partial charge in [-0.1, -0.05) is 26.7 Å². The van der Waals surface area contributed by atoms with Crippen molar-refractivity contribution in [3.05, 3.63) is 0 Å². The van der Waals surface area contributed by atoms with Crippen LogP contribution in [0.1, 0.15) is 46.0 Å². The van der Waals surface area contributed by atoms with Crippen LogP contribution in [0.4, 0.5) is 0 Å². The highest BCUT2D eigenvalue weighted by Crippen LogP contribution is 2.23. The lowest BCUT2D eigenvalue weighted by molar-refractivity contribution is 0.324. The minimum absolute atomic E-state index is 0.542. The predicted octanol–water partition coefficient (Wildman–Crippen LogP) is 1.38. The summed E-state index contributed by atoms with van der Waals surface area (Å²) in [6.45, 7) is 5.25. The molecule has 0 saturated heterocycles. The molecular weight excluding hydrogens is 188 g/mol. The van der Waals surface area contributed by atoms with Crippen molar-refractivity contribution in [2.75, 3.05) is 6.54 Å². The number of rotatable bonds is 3. The van der Waals surface area contributed by atoms with Gasteiger partial charge in [0.25, 0.3) is 0 Å². The Balaban J connectivity index is 2.36. The first-order chi connectivity index (χ1) is 7.26. The zero-order valence-electron chi connectivity index (χ0n) is 9.92. The summed E-state index contributed by atoms with van der Waals surface area (Å²) in [5, 5.41) is 3.38. The van der Waals surface area contributed by atoms with Crippen molar-refractivity contribution in [1.82, 2.24) is 10.7 Å². The molecule has 0 amide bonds. The Labute approximate surface area is 92.7 Å². The number of hydrazine groups is 1. The fraction of sp³-hybridized carbons (Fsp3) is 0.909. The van der Waals surface area contributed by atoms with Gasteiger partial charge in [0.15, 0.2) is 0 Å². The van der Waals surface area contributed by atoms with Gasteiger partial charge in [-0.25, -0.2) is 5.84 Å². The number of hydrogen-bond acceptors (Lipinski definition) is 2. The lowest BCUT2D eigenvalue weighted by Crippen LogP contribution is -2.47. The molecule has 15 heavy (non-hydrogen) atoms. The van der Waals surface area contributed by atoms with Gasteiger partial charge in [-0.05, 0) is 25.2 Å². The summed E-state index contributed by atoms with van der Waals surface area (Å²) < 4.78 is 0. The molecule has 1 rings (SSSR count). The molecule has 2 atom stereocenters. The first-order valence-electron chi connectivity index (χ1n) is 6.03.